The third-order valence-electron chi connectivity index (χ3n) is 4.39. The lowest BCUT2D eigenvalue weighted by Crippen LogP contribution is -2.48. The monoisotopic (exact) mass is 384 g/mol. The Labute approximate surface area is 163 Å². The first kappa shape index (κ1) is 21.1. The molecule has 0 aliphatic carbocycles. The van der Waals surface area contributed by atoms with Gasteiger partial charge in [0.1, 0.15) is 0 Å². The van der Waals surface area contributed by atoms with Gasteiger partial charge in [0.15, 0.2) is 0 Å². The molecule has 2 aromatic rings. The number of carboxylic acid groups (broad SMARTS) is 2. The predicted octanol–water partition coefficient (Wildman–Crippen LogP) is 2.11. The number of hydrogen-bond acceptors (Lipinski definition) is 4. The molecule has 2 aromatic carbocycles. The molecule has 0 saturated carbocycles. The van der Waals surface area contributed by atoms with Crippen LogP contribution in [0.2, 0.25) is 0 Å². The van der Waals surface area contributed by atoms with E-state index in [1.165, 1.54) is 11.1 Å². The summed E-state index contributed by atoms with van der Waals surface area (Å²) in [4.78, 5) is 35.0. The molecule has 1 aliphatic heterocycles. The van der Waals surface area contributed by atoms with Crippen LogP contribution in [0.5, 0.6) is 0 Å². The Morgan fingerprint density at radius 1 is 0.821 bits per heavy atom. The van der Waals surface area contributed by atoms with Crippen molar-refractivity contribution in [2.24, 2.45) is 0 Å². The van der Waals surface area contributed by atoms with Crippen LogP contribution in [0.25, 0.3) is 0 Å². The minimum absolute atomic E-state index is 0.149. The SMILES string of the molecule is Cc1ccc(CN2CCN(C(=O)c3ccccc3)CC2)cc1.O=C(O)C(=O)O. The van der Waals surface area contributed by atoms with Crippen LogP contribution in [0.4, 0.5) is 0 Å². The van der Waals surface area contributed by atoms with Crippen LogP contribution >= 0.6 is 0 Å². The van der Waals surface area contributed by atoms with E-state index in [0.29, 0.717) is 0 Å². The van der Waals surface area contributed by atoms with Gasteiger partial charge in [-0.25, -0.2) is 9.59 Å². The molecule has 7 heteroatoms. The number of hydrogen-bond donors (Lipinski definition) is 2. The maximum Gasteiger partial charge on any atom is 0.414 e. The second kappa shape index (κ2) is 10.2. The van der Waals surface area contributed by atoms with Gasteiger partial charge < -0.3 is 15.1 Å². The molecule has 0 unspecified atom stereocenters. The quantitative estimate of drug-likeness (QED) is 0.787. The molecular weight excluding hydrogens is 360 g/mol. The number of rotatable bonds is 3. The number of aliphatic carboxylic acids is 2. The second-order valence-corrected chi connectivity index (χ2v) is 6.53. The summed E-state index contributed by atoms with van der Waals surface area (Å²) in [6.07, 6.45) is 0. The van der Waals surface area contributed by atoms with Crippen molar-refractivity contribution in [1.82, 2.24) is 9.80 Å². The van der Waals surface area contributed by atoms with E-state index in [9.17, 15) is 4.79 Å². The van der Waals surface area contributed by atoms with Crippen LogP contribution < -0.4 is 0 Å². The van der Waals surface area contributed by atoms with Crippen molar-refractivity contribution in [3.8, 4) is 0 Å². The van der Waals surface area contributed by atoms with Crippen molar-refractivity contribution in [2.75, 3.05) is 26.2 Å². The first-order valence-corrected chi connectivity index (χ1v) is 8.95. The average molecular weight is 384 g/mol. The normalized spacial score (nSPS) is 14.0. The third-order valence-corrected chi connectivity index (χ3v) is 4.39. The maximum atomic E-state index is 12.4. The van der Waals surface area contributed by atoms with Crippen molar-refractivity contribution in [3.05, 3.63) is 71.3 Å². The number of carbonyl (C=O) groups is 3. The summed E-state index contributed by atoms with van der Waals surface area (Å²) in [6, 6.07) is 18.3. The van der Waals surface area contributed by atoms with Crippen LogP contribution in [-0.2, 0) is 16.1 Å². The molecule has 1 fully saturated rings. The zero-order chi connectivity index (χ0) is 20.5. The van der Waals surface area contributed by atoms with E-state index in [4.69, 9.17) is 19.8 Å². The number of nitrogens with zero attached hydrogens (tertiary/aromatic N) is 2. The molecule has 2 N–H and O–H groups in total. The summed E-state index contributed by atoms with van der Waals surface area (Å²) in [5.74, 6) is -3.50. The van der Waals surface area contributed by atoms with Crippen molar-refractivity contribution in [1.29, 1.82) is 0 Å². The Morgan fingerprint density at radius 3 is 1.86 bits per heavy atom. The molecule has 0 radical (unpaired) electrons. The number of piperazine rings is 1. The van der Waals surface area contributed by atoms with Crippen molar-refractivity contribution >= 4 is 17.8 Å². The van der Waals surface area contributed by atoms with Crippen LogP contribution in [-0.4, -0.2) is 64.0 Å². The van der Waals surface area contributed by atoms with Gasteiger partial charge in [0.25, 0.3) is 5.91 Å². The zero-order valence-corrected chi connectivity index (χ0v) is 15.7. The molecule has 0 spiro atoms. The summed E-state index contributed by atoms with van der Waals surface area (Å²) in [5.41, 5.74) is 3.42. The zero-order valence-electron chi connectivity index (χ0n) is 15.7. The smallest absolute Gasteiger partial charge is 0.414 e. The molecular formula is C21H24N2O5. The largest absolute Gasteiger partial charge is 0.473 e. The molecule has 148 valence electrons. The standard InChI is InChI=1S/C19H22N2O.C2H2O4/c1-16-7-9-17(10-8-16)15-20-11-13-21(14-12-20)19(22)18-5-3-2-4-6-18;3-1(4)2(5)6/h2-10H,11-15H2,1H3;(H,3,4)(H,5,6). The Kier molecular flexibility index (Phi) is 7.71. The van der Waals surface area contributed by atoms with Gasteiger partial charge in [-0.1, -0.05) is 48.0 Å². The molecule has 0 aromatic heterocycles. The number of carboxylic acids is 2. The average Bonchev–Trinajstić information content (AvgIpc) is 2.71. The number of amides is 1. The van der Waals surface area contributed by atoms with Gasteiger partial charge in [-0.05, 0) is 24.6 Å². The molecule has 1 saturated heterocycles. The van der Waals surface area contributed by atoms with Crippen molar-refractivity contribution in [3.63, 3.8) is 0 Å². The predicted molar refractivity (Wildman–Crippen MR) is 104 cm³/mol. The summed E-state index contributed by atoms with van der Waals surface area (Å²) in [5, 5.41) is 14.8. The van der Waals surface area contributed by atoms with E-state index in [-0.39, 0.29) is 5.91 Å². The number of carbonyl (C=O) groups excluding carboxylic acids is 1. The maximum absolute atomic E-state index is 12.4. The van der Waals surface area contributed by atoms with Crippen molar-refractivity contribution < 1.29 is 24.6 Å². The highest BCUT2D eigenvalue weighted by Crippen LogP contribution is 2.12. The van der Waals surface area contributed by atoms with Gasteiger partial charge in [0.2, 0.25) is 0 Å². The van der Waals surface area contributed by atoms with Crippen LogP contribution in [0.3, 0.4) is 0 Å². The minimum atomic E-state index is -1.82. The first-order chi connectivity index (χ1) is 13.4. The Bertz CT molecular complexity index is 785. The van der Waals surface area contributed by atoms with Gasteiger partial charge in [-0.15, -0.1) is 0 Å². The topological polar surface area (TPSA) is 98.2 Å². The van der Waals surface area contributed by atoms with E-state index in [0.717, 1.165) is 38.3 Å². The summed E-state index contributed by atoms with van der Waals surface area (Å²) < 4.78 is 0. The Morgan fingerprint density at radius 2 is 1.36 bits per heavy atom. The third kappa shape index (κ3) is 6.51. The number of benzene rings is 2. The lowest BCUT2D eigenvalue weighted by Gasteiger charge is -2.34. The number of aryl methyl sites for hydroxylation is 1. The van der Waals surface area contributed by atoms with Gasteiger partial charge in [-0.2, -0.15) is 0 Å². The molecule has 3 rings (SSSR count). The highest BCUT2D eigenvalue weighted by molar-refractivity contribution is 6.27. The first-order valence-electron chi connectivity index (χ1n) is 8.95. The van der Waals surface area contributed by atoms with E-state index in [1.807, 2.05) is 35.2 Å². The van der Waals surface area contributed by atoms with Crippen LogP contribution in [0.1, 0.15) is 21.5 Å². The van der Waals surface area contributed by atoms with Crippen molar-refractivity contribution in [2.45, 2.75) is 13.5 Å². The second-order valence-electron chi connectivity index (χ2n) is 6.53. The van der Waals surface area contributed by atoms with Crippen LogP contribution in [0.15, 0.2) is 54.6 Å². The Hall–Kier alpha value is -3.19. The fourth-order valence-corrected chi connectivity index (χ4v) is 2.82. The van der Waals surface area contributed by atoms with Gasteiger partial charge in [0, 0.05) is 38.3 Å². The lowest BCUT2D eigenvalue weighted by molar-refractivity contribution is -0.159. The van der Waals surface area contributed by atoms with Crippen LogP contribution in [0, 0.1) is 6.92 Å². The summed E-state index contributed by atoms with van der Waals surface area (Å²) in [7, 11) is 0. The molecule has 1 heterocycles. The fourth-order valence-electron chi connectivity index (χ4n) is 2.82. The molecule has 0 bridgehead atoms. The summed E-state index contributed by atoms with van der Waals surface area (Å²) in [6.45, 7) is 6.56. The van der Waals surface area contributed by atoms with E-state index in [1.54, 1.807) is 0 Å². The van der Waals surface area contributed by atoms with Gasteiger partial charge >= 0.3 is 11.9 Å². The highest BCUT2D eigenvalue weighted by atomic mass is 16.4. The van der Waals surface area contributed by atoms with E-state index >= 15 is 0 Å². The molecule has 7 nitrogen and oxygen atoms in total. The Balaban J connectivity index is 0.000000409. The fraction of sp³-hybridized carbons (Fsp3) is 0.286. The molecule has 28 heavy (non-hydrogen) atoms. The molecule has 1 aliphatic rings. The summed E-state index contributed by atoms with van der Waals surface area (Å²) >= 11 is 0. The van der Waals surface area contributed by atoms with Gasteiger partial charge in [0.05, 0.1) is 0 Å². The molecule has 0 atom stereocenters. The van der Waals surface area contributed by atoms with E-state index in [2.05, 4.69) is 36.1 Å². The van der Waals surface area contributed by atoms with Gasteiger partial charge in [-0.3, -0.25) is 9.69 Å². The molecule has 1 amide bonds. The lowest BCUT2D eigenvalue weighted by atomic mass is 10.1. The van der Waals surface area contributed by atoms with E-state index < -0.39 is 11.9 Å². The highest BCUT2D eigenvalue weighted by Gasteiger charge is 2.21. The minimum Gasteiger partial charge on any atom is -0.473 e.